The Morgan fingerprint density at radius 2 is 1.96 bits per heavy atom. The number of alkyl halides is 3. The van der Waals surface area contributed by atoms with Gasteiger partial charge in [0, 0.05) is 17.3 Å². The fourth-order valence-electron chi connectivity index (χ4n) is 2.35. The highest BCUT2D eigenvalue weighted by atomic mass is 19.4. The van der Waals surface area contributed by atoms with E-state index in [9.17, 15) is 13.2 Å². The molecule has 0 spiro atoms. The van der Waals surface area contributed by atoms with Crippen molar-refractivity contribution in [3.63, 3.8) is 0 Å². The van der Waals surface area contributed by atoms with Gasteiger partial charge >= 0.3 is 6.36 Å². The van der Waals surface area contributed by atoms with E-state index >= 15 is 0 Å². The van der Waals surface area contributed by atoms with Gasteiger partial charge in [-0.2, -0.15) is 0 Å². The van der Waals surface area contributed by atoms with Gasteiger partial charge in [-0.05, 0) is 26.0 Å². The van der Waals surface area contributed by atoms with E-state index in [4.69, 9.17) is 10.5 Å². The molecule has 0 saturated heterocycles. The third-order valence-electron chi connectivity index (χ3n) is 3.52. The van der Waals surface area contributed by atoms with Crippen LogP contribution >= 0.6 is 0 Å². The van der Waals surface area contributed by atoms with Gasteiger partial charge in [0.05, 0.1) is 25.0 Å². The number of ether oxygens (including phenoxy) is 2. The lowest BCUT2D eigenvalue weighted by Crippen LogP contribution is -2.24. The Morgan fingerprint density at radius 1 is 1.27 bits per heavy atom. The first-order valence-electron chi connectivity index (χ1n) is 7.62. The van der Waals surface area contributed by atoms with Crippen molar-refractivity contribution in [1.29, 1.82) is 0 Å². The van der Waals surface area contributed by atoms with E-state index in [2.05, 4.69) is 20.0 Å². The van der Waals surface area contributed by atoms with Crippen LogP contribution in [0, 0.1) is 13.8 Å². The number of nitrogens with two attached hydrogens (primary N) is 1. The summed E-state index contributed by atoms with van der Waals surface area (Å²) in [5.74, 6) is 0.245. The van der Waals surface area contributed by atoms with Crippen molar-refractivity contribution in [2.45, 2.75) is 26.8 Å². The molecule has 1 aromatic carbocycles. The lowest BCUT2D eigenvalue weighted by atomic mass is 10.1. The maximum atomic E-state index is 12.4. The highest BCUT2D eigenvalue weighted by Gasteiger charge is 2.32. The van der Waals surface area contributed by atoms with Crippen molar-refractivity contribution < 1.29 is 22.6 Å². The van der Waals surface area contributed by atoms with E-state index in [1.54, 1.807) is 19.4 Å². The molecular weight excluding hydrogens is 349 g/mol. The molecule has 0 radical (unpaired) electrons. The number of aliphatic imine (C=N–C) groups is 1. The zero-order valence-electron chi connectivity index (χ0n) is 14.5. The Hall–Kier alpha value is -2.97. The Kier molecular flexibility index (Phi) is 5.91. The number of para-hydroxylation sites is 2. The first-order valence-corrected chi connectivity index (χ1v) is 7.62. The van der Waals surface area contributed by atoms with Crippen LogP contribution in [-0.4, -0.2) is 24.4 Å². The van der Waals surface area contributed by atoms with Crippen LogP contribution in [0.2, 0.25) is 0 Å². The van der Waals surface area contributed by atoms with E-state index in [1.165, 1.54) is 18.2 Å². The average molecular weight is 368 g/mol. The SMILES string of the molecule is COc1c(C)cnc(CN=C(N)Nc2ccccc2OC(F)(F)F)c1C. The van der Waals surface area contributed by atoms with Crippen LogP contribution in [0.4, 0.5) is 18.9 Å². The molecule has 0 aliphatic carbocycles. The van der Waals surface area contributed by atoms with Gasteiger partial charge in [0.2, 0.25) is 0 Å². The molecule has 9 heteroatoms. The molecule has 0 atom stereocenters. The Bertz CT molecular complexity index is 807. The molecule has 0 aliphatic heterocycles. The van der Waals surface area contributed by atoms with Gasteiger partial charge in [-0.3, -0.25) is 4.98 Å². The molecule has 0 bridgehead atoms. The minimum absolute atomic E-state index is 0.0530. The van der Waals surface area contributed by atoms with Gasteiger partial charge in [-0.25, -0.2) is 4.99 Å². The van der Waals surface area contributed by atoms with Crippen molar-refractivity contribution in [1.82, 2.24) is 4.98 Å². The number of nitrogens with zero attached hydrogens (tertiary/aromatic N) is 2. The first-order chi connectivity index (χ1) is 12.2. The maximum absolute atomic E-state index is 12.4. The number of guanidine groups is 1. The minimum Gasteiger partial charge on any atom is -0.496 e. The number of nitrogens with one attached hydrogen (secondary N) is 1. The summed E-state index contributed by atoms with van der Waals surface area (Å²) in [6, 6.07) is 5.56. The van der Waals surface area contributed by atoms with E-state index in [1.807, 2.05) is 13.8 Å². The molecular formula is C17H19F3N4O2. The summed E-state index contributed by atoms with van der Waals surface area (Å²) < 4.78 is 46.6. The van der Waals surface area contributed by atoms with Gasteiger partial charge in [-0.15, -0.1) is 13.2 Å². The number of hydrogen-bond acceptors (Lipinski definition) is 4. The number of anilines is 1. The van der Waals surface area contributed by atoms with Crippen molar-refractivity contribution in [2.75, 3.05) is 12.4 Å². The third kappa shape index (κ3) is 5.01. The first kappa shape index (κ1) is 19.4. The lowest BCUT2D eigenvalue weighted by Gasteiger charge is -2.14. The molecule has 3 N–H and O–H groups in total. The summed E-state index contributed by atoms with van der Waals surface area (Å²) in [7, 11) is 1.57. The predicted octanol–water partition coefficient (Wildman–Crippen LogP) is 3.53. The summed E-state index contributed by atoms with van der Waals surface area (Å²) in [4.78, 5) is 8.41. The number of halogens is 3. The monoisotopic (exact) mass is 368 g/mol. The Labute approximate surface area is 148 Å². The number of pyridine rings is 1. The van der Waals surface area contributed by atoms with Crippen LogP contribution in [0.25, 0.3) is 0 Å². The van der Waals surface area contributed by atoms with Crippen molar-refractivity contribution in [3.8, 4) is 11.5 Å². The van der Waals surface area contributed by atoms with Crippen LogP contribution in [0.3, 0.4) is 0 Å². The second-order valence-electron chi connectivity index (χ2n) is 5.42. The number of methoxy groups -OCH3 is 1. The molecule has 6 nitrogen and oxygen atoms in total. The highest BCUT2D eigenvalue weighted by molar-refractivity contribution is 5.93. The Balaban J connectivity index is 2.15. The second kappa shape index (κ2) is 7.94. The van der Waals surface area contributed by atoms with Gasteiger partial charge in [0.1, 0.15) is 5.75 Å². The number of benzene rings is 1. The summed E-state index contributed by atoms with van der Waals surface area (Å²) in [5, 5.41) is 2.61. The summed E-state index contributed by atoms with van der Waals surface area (Å²) in [5.41, 5.74) is 8.20. The Morgan fingerprint density at radius 3 is 2.62 bits per heavy atom. The van der Waals surface area contributed by atoms with Gasteiger partial charge in [0.15, 0.2) is 11.7 Å². The number of hydrogen-bond donors (Lipinski definition) is 2. The molecule has 0 saturated carbocycles. The highest BCUT2D eigenvalue weighted by Crippen LogP contribution is 2.30. The van der Waals surface area contributed by atoms with E-state index in [0.29, 0.717) is 11.4 Å². The molecule has 0 fully saturated rings. The van der Waals surface area contributed by atoms with Crippen molar-refractivity contribution in [3.05, 3.63) is 47.3 Å². The molecule has 2 rings (SSSR count). The van der Waals surface area contributed by atoms with E-state index < -0.39 is 12.1 Å². The largest absolute Gasteiger partial charge is 0.573 e. The van der Waals surface area contributed by atoms with Crippen molar-refractivity contribution in [2.24, 2.45) is 10.7 Å². The quantitative estimate of drug-likeness (QED) is 0.623. The fraction of sp³-hybridized carbons (Fsp3) is 0.294. The second-order valence-corrected chi connectivity index (χ2v) is 5.42. The molecule has 0 amide bonds. The van der Waals surface area contributed by atoms with Crippen LogP contribution in [0.1, 0.15) is 16.8 Å². The minimum atomic E-state index is -4.80. The summed E-state index contributed by atoms with van der Waals surface area (Å²) in [6.07, 6.45) is -3.14. The molecule has 140 valence electrons. The van der Waals surface area contributed by atoms with Gasteiger partial charge < -0.3 is 20.5 Å². The molecule has 0 aliphatic rings. The van der Waals surface area contributed by atoms with Gasteiger partial charge in [-0.1, -0.05) is 12.1 Å². The zero-order valence-corrected chi connectivity index (χ0v) is 14.5. The molecule has 1 heterocycles. The number of rotatable bonds is 5. The van der Waals surface area contributed by atoms with Crippen LogP contribution < -0.4 is 20.5 Å². The topological polar surface area (TPSA) is 81.8 Å². The standard InChI is InChI=1S/C17H19F3N4O2/c1-10-8-22-13(11(2)15(10)25-3)9-23-16(21)24-12-6-4-5-7-14(12)26-17(18,19)20/h4-8H,9H2,1-3H3,(H3,21,23,24). The zero-order chi connectivity index (χ0) is 19.3. The third-order valence-corrected chi connectivity index (χ3v) is 3.52. The predicted molar refractivity (Wildman–Crippen MR) is 92.3 cm³/mol. The fourth-order valence-corrected chi connectivity index (χ4v) is 2.35. The molecule has 26 heavy (non-hydrogen) atoms. The molecule has 2 aromatic rings. The van der Waals surface area contributed by atoms with E-state index in [-0.39, 0.29) is 18.2 Å². The molecule has 1 aromatic heterocycles. The van der Waals surface area contributed by atoms with Gasteiger partial charge in [0.25, 0.3) is 0 Å². The number of aromatic nitrogens is 1. The van der Waals surface area contributed by atoms with Crippen LogP contribution in [0.5, 0.6) is 11.5 Å². The summed E-state index contributed by atoms with van der Waals surface area (Å²) >= 11 is 0. The maximum Gasteiger partial charge on any atom is 0.573 e. The normalized spacial score (nSPS) is 12.0. The number of aryl methyl sites for hydroxylation is 1. The van der Waals surface area contributed by atoms with Crippen LogP contribution in [0.15, 0.2) is 35.5 Å². The van der Waals surface area contributed by atoms with Crippen molar-refractivity contribution >= 4 is 11.6 Å². The van der Waals surface area contributed by atoms with Crippen LogP contribution in [-0.2, 0) is 6.54 Å². The lowest BCUT2D eigenvalue weighted by molar-refractivity contribution is -0.274. The molecule has 0 unspecified atom stereocenters. The van der Waals surface area contributed by atoms with E-state index in [0.717, 1.165) is 11.1 Å². The average Bonchev–Trinajstić information content (AvgIpc) is 2.55. The summed E-state index contributed by atoms with van der Waals surface area (Å²) in [6.45, 7) is 3.86. The smallest absolute Gasteiger partial charge is 0.496 e.